The second-order valence-corrected chi connectivity index (χ2v) is 10.0. The van der Waals surface area contributed by atoms with Gasteiger partial charge in [0.05, 0.1) is 17.5 Å². The van der Waals surface area contributed by atoms with Crippen LogP contribution in [0.5, 0.6) is 5.75 Å². The van der Waals surface area contributed by atoms with Gasteiger partial charge in [0.1, 0.15) is 17.3 Å². The van der Waals surface area contributed by atoms with Crippen molar-refractivity contribution in [2.24, 2.45) is 0 Å². The molecule has 1 atom stereocenters. The van der Waals surface area contributed by atoms with Crippen molar-refractivity contribution < 1.29 is 22.7 Å². The van der Waals surface area contributed by atoms with Gasteiger partial charge in [-0.1, -0.05) is 17.3 Å². The van der Waals surface area contributed by atoms with E-state index in [0.29, 0.717) is 44.6 Å². The molecule has 2 aromatic carbocycles. The first-order valence-corrected chi connectivity index (χ1v) is 12.6. The smallest absolute Gasteiger partial charge is 0.243 e. The molecular weight excluding hydrogens is 458 g/mol. The molecule has 1 N–H and O–H groups in total. The first-order chi connectivity index (χ1) is 16.4. The minimum Gasteiger partial charge on any atom is -0.497 e. The Morgan fingerprint density at radius 2 is 1.97 bits per heavy atom. The summed E-state index contributed by atoms with van der Waals surface area (Å²) in [5, 5.41) is 11.1. The molecule has 1 aromatic heterocycles. The van der Waals surface area contributed by atoms with Crippen LogP contribution < -0.4 is 10.1 Å². The van der Waals surface area contributed by atoms with Gasteiger partial charge in [-0.2, -0.15) is 4.31 Å². The van der Waals surface area contributed by atoms with E-state index in [4.69, 9.17) is 9.47 Å². The van der Waals surface area contributed by atoms with E-state index in [-0.39, 0.29) is 10.8 Å². The molecule has 1 unspecified atom stereocenters. The Labute approximate surface area is 198 Å². The molecule has 2 heterocycles. The zero-order valence-electron chi connectivity index (χ0n) is 19.3. The van der Waals surface area contributed by atoms with Gasteiger partial charge < -0.3 is 14.8 Å². The molecule has 10 nitrogen and oxygen atoms in total. The fourth-order valence-corrected chi connectivity index (χ4v) is 5.79. The number of hydrogen-bond donors (Lipinski definition) is 1. The zero-order chi connectivity index (χ0) is 24.1. The number of nitrogens with one attached hydrogen (secondary N) is 1. The Bertz CT molecular complexity index is 1240. The first-order valence-electron chi connectivity index (χ1n) is 11.2. The monoisotopic (exact) mass is 487 g/mol. The molecule has 1 aliphatic rings. The second kappa shape index (κ2) is 10.5. The van der Waals surface area contributed by atoms with Gasteiger partial charge in [0.2, 0.25) is 15.9 Å². The van der Waals surface area contributed by atoms with Crippen LogP contribution in [0.2, 0.25) is 0 Å². The largest absolute Gasteiger partial charge is 0.497 e. The number of nitrogens with zero attached hydrogens (tertiary/aromatic N) is 4. The summed E-state index contributed by atoms with van der Waals surface area (Å²) >= 11 is 0. The van der Waals surface area contributed by atoms with Crippen LogP contribution >= 0.6 is 0 Å². The van der Waals surface area contributed by atoms with Gasteiger partial charge in [-0.05, 0) is 55.2 Å². The maximum atomic E-state index is 13.4. The van der Waals surface area contributed by atoms with Crippen molar-refractivity contribution in [1.29, 1.82) is 0 Å². The number of ether oxygens (including phenoxy) is 2. The summed E-state index contributed by atoms with van der Waals surface area (Å²) in [7, 11) is -0.637. The highest BCUT2D eigenvalue weighted by Gasteiger charge is 2.39. The minimum absolute atomic E-state index is 0.110. The third-order valence-electron chi connectivity index (χ3n) is 5.94. The highest BCUT2D eigenvalue weighted by molar-refractivity contribution is 7.89. The fourth-order valence-electron chi connectivity index (χ4n) is 4.11. The van der Waals surface area contributed by atoms with Crippen LogP contribution in [-0.2, 0) is 32.6 Å². The molecule has 0 radical (unpaired) electrons. The van der Waals surface area contributed by atoms with Crippen molar-refractivity contribution in [3.05, 3.63) is 48.0 Å². The quantitative estimate of drug-likeness (QED) is 0.435. The number of benzene rings is 2. The summed E-state index contributed by atoms with van der Waals surface area (Å²) in [6.07, 6.45) is 1.87. The number of rotatable bonds is 10. The van der Waals surface area contributed by atoms with Crippen LogP contribution in [0.4, 0.5) is 0 Å². The Morgan fingerprint density at radius 3 is 2.71 bits per heavy atom. The summed E-state index contributed by atoms with van der Waals surface area (Å²) in [6.45, 7) is 1.83. The van der Waals surface area contributed by atoms with Crippen LogP contribution in [0.15, 0.2) is 47.4 Å². The van der Waals surface area contributed by atoms with Crippen molar-refractivity contribution >= 4 is 27.0 Å². The van der Waals surface area contributed by atoms with E-state index in [1.54, 1.807) is 31.0 Å². The predicted molar refractivity (Wildman–Crippen MR) is 126 cm³/mol. The Kier molecular flexibility index (Phi) is 7.44. The van der Waals surface area contributed by atoms with Gasteiger partial charge in [-0.25, -0.2) is 13.1 Å². The lowest BCUT2D eigenvalue weighted by Gasteiger charge is -2.23. The minimum atomic E-state index is -3.87. The molecule has 1 fully saturated rings. The van der Waals surface area contributed by atoms with Crippen molar-refractivity contribution in [3.63, 3.8) is 0 Å². The molecule has 1 saturated heterocycles. The SMILES string of the molecule is COCCCn1nnc2cc(S(=O)(=O)N3CCCC3C(=O)NCc3ccc(OC)cc3)ccc21. The van der Waals surface area contributed by atoms with E-state index < -0.39 is 16.1 Å². The van der Waals surface area contributed by atoms with Gasteiger partial charge in [0.25, 0.3) is 0 Å². The Balaban J connectivity index is 1.47. The summed E-state index contributed by atoms with van der Waals surface area (Å²) < 4.78 is 40.1. The average molecular weight is 488 g/mol. The third kappa shape index (κ3) is 5.06. The second-order valence-electron chi connectivity index (χ2n) is 8.15. The number of carbonyl (C=O) groups is 1. The predicted octanol–water partition coefficient (Wildman–Crippen LogP) is 1.95. The van der Waals surface area contributed by atoms with Crippen molar-refractivity contribution in [2.75, 3.05) is 27.4 Å². The molecule has 4 rings (SSSR count). The van der Waals surface area contributed by atoms with E-state index in [1.165, 1.54) is 10.4 Å². The van der Waals surface area contributed by atoms with Crippen LogP contribution in [-0.4, -0.2) is 67.0 Å². The fraction of sp³-hybridized carbons (Fsp3) is 0.435. The molecule has 0 aliphatic carbocycles. The first kappa shape index (κ1) is 24.1. The number of aromatic nitrogens is 3. The molecule has 11 heteroatoms. The highest BCUT2D eigenvalue weighted by atomic mass is 32.2. The van der Waals surface area contributed by atoms with Gasteiger partial charge in [-0.3, -0.25) is 4.79 Å². The van der Waals surface area contributed by atoms with Gasteiger partial charge in [0, 0.05) is 33.4 Å². The Morgan fingerprint density at radius 1 is 1.18 bits per heavy atom. The summed E-state index contributed by atoms with van der Waals surface area (Å²) in [6, 6.07) is 11.4. The van der Waals surface area contributed by atoms with Crippen molar-refractivity contribution in [1.82, 2.24) is 24.6 Å². The van der Waals surface area contributed by atoms with Crippen LogP contribution in [0.25, 0.3) is 11.0 Å². The van der Waals surface area contributed by atoms with E-state index >= 15 is 0 Å². The van der Waals surface area contributed by atoms with Crippen LogP contribution in [0, 0.1) is 0 Å². The average Bonchev–Trinajstić information content (AvgIpc) is 3.51. The van der Waals surface area contributed by atoms with Gasteiger partial charge >= 0.3 is 0 Å². The number of amides is 1. The third-order valence-corrected chi connectivity index (χ3v) is 7.85. The summed E-state index contributed by atoms with van der Waals surface area (Å²) in [5.74, 6) is 0.428. The van der Waals surface area contributed by atoms with Crippen LogP contribution in [0.1, 0.15) is 24.8 Å². The standard InChI is InChI=1S/C23H29N5O5S/c1-32-14-4-12-27-21-11-10-19(15-20(21)25-26-27)34(30,31)28-13-3-5-22(28)23(29)24-16-17-6-8-18(33-2)9-7-17/h6-11,15,22H,3-5,12-14,16H2,1-2H3,(H,24,29). The molecule has 0 saturated carbocycles. The molecule has 1 amide bonds. The number of methoxy groups -OCH3 is 2. The van der Waals surface area contributed by atoms with Crippen LogP contribution in [0.3, 0.4) is 0 Å². The van der Waals surface area contributed by atoms with Crippen molar-refractivity contribution in [3.8, 4) is 5.75 Å². The molecule has 34 heavy (non-hydrogen) atoms. The number of carbonyl (C=O) groups excluding carboxylic acids is 1. The molecular formula is C23H29N5O5S. The molecule has 0 spiro atoms. The topological polar surface area (TPSA) is 116 Å². The van der Waals surface area contributed by atoms with E-state index in [1.807, 2.05) is 24.3 Å². The molecule has 1 aliphatic heterocycles. The molecule has 3 aromatic rings. The lowest BCUT2D eigenvalue weighted by atomic mass is 10.2. The lowest BCUT2D eigenvalue weighted by molar-refractivity contribution is -0.124. The highest BCUT2D eigenvalue weighted by Crippen LogP contribution is 2.28. The zero-order valence-corrected chi connectivity index (χ0v) is 20.1. The number of sulfonamides is 1. The molecule has 0 bridgehead atoms. The maximum absolute atomic E-state index is 13.4. The van der Waals surface area contributed by atoms with Gasteiger partial charge in [0.15, 0.2) is 0 Å². The summed E-state index contributed by atoms with van der Waals surface area (Å²) in [5.41, 5.74) is 2.16. The van der Waals surface area contributed by atoms with Crippen molar-refractivity contribution in [2.45, 2.75) is 43.3 Å². The van der Waals surface area contributed by atoms with E-state index in [2.05, 4.69) is 15.6 Å². The number of hydrogen-bond acceptors (Lipinski definition) is 7. The number of aryl methyl sites for hydroxylation is 1. The van der Waals surface area contributed by atoms with E-state index in [0.717, 1.165) is 23.3 Å². The lowest BCUT2D eigenvalue weighted by Crippen LogP contribution is -2.45. The normalized spacial score (nSPS) is 16.7. The van der Waals surface area contributed by atoms with Gasteiger partial charge in [-0.15, -0.1) is 5.10 Å². The maximum Gasteiger partial charge on any atom is 0.243 e. The van der Waals surface area contributed by atoms with E-state index in [9.17, 15) is 13.2 Å². The Hall–Kier alpha value is -3.02. The summed E-state index contributed by atoms with van der Waals surface area (Å²) in [4.78, 5) is 13.0. The number of fused-ring (bicyclic) bond motifs is 1. The molecule has 182 valence electrons.